The first kappa shape index (κ1) is 28.4. The van der Waals surface area contributed by atoms with Crippen LogP contribution in [0.15, 0.2) is 66.7 Å². The Bertz CT molecular complexity index is 1480. The molecule has 1 atom stereocenters. The number of para-hydroxylation sites is 1. The molecule has 0 aliphatic heterocycles. The van der Waals surface area contributed by atoms with Gasteiger partial charge in [-0.3, -0.25) is 14.5 Å². The van der Waals surface area contributed by atoms with Crippen molar-refractivity contribution >= 4 is 28.5 Å². The monoisotopic (exact) mass is 545 g/mol. The summed E-state index contributed by atoms with van der Waals surface area (Å²) in [6, 6.07) is 18.6. The van der Waals surface area contributed by atoms with Crippen molar-refractivity contribution in [3.05, 3.63) is 72.3 Å². The minimum absolute atomic E-state index is 0.139. The normalized spacial score (nSPS) is 12.1. The predicted molar refractivity (Wildman–Crippen MR) is 153 cm³/mol. The van der Waals surface area contributed by atoms with Gasteiger partial charge in [-0.1, -0.05) is 23.4 Å². The van der Waals surface area contributed by atoms with E-state index in [4.69, 9.17) is 14.2 Å². The number of carbonyl (C=O) groups is 2. The Morgan fingerprint density at radius 1 is 0.975 bits per heavy atom. The molecular formula is C30H35N5O5. The van der Waals surface area contributed by atoms with Gasteiger partial charge in [0.1, 0.15) is 23.9 Å². The second-order valence-electron chi connectivity index (χ2n) is 10.2. The summed E-state index contributed by atoms with van der Waals surface area (Å²) >= 11 is 0. The van der Waals surface area contributed by atoms with Gasteiger partial charge in [0, 0.05) is 11.2 Å². The summed E-state index contributed by atoms with van der Waals surface area (Å²) in [6.45, 7) is 7.86. The van der Waals surface area contributed by atoms with E-state index in [2.05, 4.69) is 15.6 Å². The van der Waals surface area contributed by atoms with Gasteiger partial charge < -0.3 is 19.5 Å². The van der Waals surface area contributed by atoms with Crippen LogP contribution in [0.4, 0.5) is 5.69 Å². The topological polar surface area (TPSA) is 108 Å². The molecule has 10 nitrogen and oxygen atoms in total. The van der Waals surface area contributed by atoms with Crippen molar-refractivity contribution < 1.29 is 23.8 Å². The van der Waals surface area contributed by atoms with Crippen LogP contribution >= 0.6 is 0 Å². The van der Waals surface area contributed by atoms with Crippen LogP contribution in [-0.2, 0) is 16.1 Å². The number of hydrogen-bond acceptors (Lipinski definition) is 7. The van der Waals surface area contributed by atoms with E-state index in [0.29, 0.717) is 46.1 Å². The third-order valence-corrected chi connectivity index (χ3v) is 6.13. The van der Waals surface area contributed by atoms with Crippen molar-refractivity contribution in [2.24, 2.45) is 0 Å². The highest BCUT2D eigenvalue weighted by atomic mass is 16.5. The third-order valence-electron chi connectivity index (χ3n) is 6.13. The maximum Gasteiger partial charge on any atom is 0.249 e. The van der Waals surface area contributed by atoms with Crippen LogP contribution in [0.3, 0.4) is 0 Å². The predicted octanol–water partition coefficient (Wildman–Crippen LogP) is 4.54. The van der Waals surface area contributed by atoms with E-state index in [0.717, 1.165) is 0 Å². The number of hydrogen-bond donors (Lipinski definition) is 1. The minimum atomic E-state index is -1.04. The summed E-state index contributed by atoms with van der Waals surface area (Å²) in [4.78, 5) is 29.7. The van der Waals surface area contributed by atoms with Crippen molar-refractivity contribution in [3.8, 4) is 17.2 Å². The summed E-state index contributed by atoms with van der Waals surface area (Å²) in [7, 11) is 3.10. The number of benzene rings is 3. The summed E-state index contributed by atoms with van der Waals surface area (Å²) in [5.74, 6) is 0.906. The molecule has 3 aromatic carbocycles. The summed E-state index contributed by atoms with van der Waals surface area (Å²) < 4.78 is 18.1. The summed E-state index contributed by atoms with van der Waals surface area (Å²) in [5.41, 5.74) is 1.89. The fraction of sp³-hybridized carbons (Fsp3) is 0.333. The first-order valence-electron chi connectivity index (χ1n) is 13.0. The van der Waals surface area contributed by atoms with Gasteiger partial charge >= 0.3 is 0 Å². The Balaban J connectivity index is 1.86. The number of nitrogens with zero attached hydrogens (tertiary/aromatic N) is 4. The number of carbonyl (C=O) groups excluding carboxylic acids is 2. The average Bonchev–Trinajstić information content (AvgIpc) is 3.33. The van der Waals surface area contributed by atoms with E-state index in [1.807, 2.05) is 52.0 Å². The van der Waals surface area contributed by atoms with Crippen molar-refractivity contribution in [1.29, 1.82) is 0 Å². The zero-order valence-corrected chi connectivity index (χ0v) is 23.7. The molecule has 0 fully saturated rings. The lowest BCUT2D eigenvalue weighted by atomic mass is 10.00. The molecule has 0 saturated heterocycles. The van der Waals surface area contributed by atoms with Crippen LogP contribution in [0.2, 0.25) is 0 Å². The maximum atomic E-state index is 14.2. The molecular weight excluding hydrogens is 510 g/mol. The highest BCUT2D eigenvalue weighted by molar-refractivity contribution is 6.01. The highest BCUT2D eigenvalue weighted by Gasteiger charge is 2.35. The fourth-order valence-corrected chi connectivity index (χ4v) is 4.40. The van der Waals surface area contributed by atoms with Gasteiger partial charge in [0.05, 0.1) is 26.3 Å². The van der Waals surface area contributed by atoms with Crippen LogP contribution in [0.5, 0.6) is 17.2 Å². The third kappa shape index (κ3) is 6.33. The lowest BCUT2D eigenvalue weighted by Gasteiger charge is -2.34. The van der Waals surface area contributed by atoms with Crippen molar-refractivity contribution in [1.82, 2.24) is 20.3 Å². The lowest BCUT2D eigenvalue weighted by Crippen LogP contribution is -2.50. The van der Waals surface area contributed by atoms with Crippen molar-refractivity contribution in [2.45, 2.75) is 45.8 Å². The molecule has 1 unspecified atom stereocenters. The van der Waals surface area contributed by atoms with E-state index in [-0.39, 0.29) is 18.4 Å². The zero-order chi connectivity index (χ0) is 28.9. The Morgan fingerprint density at radius 3 is 2.35 bits per heavy atom. The van der Waals surface area contributed by atoms with Crippen LogP contribution in [-0.4, -0.2) is 53.2 Å². The van der Waals surface area contributed by atoms with E-state index in [1.165, 1.54) is 16.7 Å². The first-order chi connectivity index (χ1) is 19.1. The van der Waals surface area contributed by atoms with Gasteiger partial charge in [0.25, 0.3) is 0 Å². The van der Waals surface area contributed by atoms with Crippen molar-refractivity contribution in [3.63, 3.8) is 0 Å². The van der Waals surface area contributed by atoms with Gasteiger partial charge in [-0.05, 0) is 81.8 Å². The second-order valence-corrected chi connectivity index (χ2v) is 10.2. The second kappa shape index (κ2) is 12.1. The number of aromatic nitrogens is 3. The SMILES string of the molecule is CCOc1ccc(C(C(=O)NC(C)(C)C)N(C(=O)Cn2nnc3ccccc32)c2ccc(OC)cc2)cc1OC. The van der Waals surface area contributed by atoms with Gasteiger partial charge in [-0.25, -0.2) is 4.68 Å². The average molecular weight is 546 g/mol. The largest absolute Gasteiger partial charge is 0.497 e. The van der Waals surface area contributed by atoms with Crippen molar-refractivity contribution in [2.75, 3.05) is 25.7 Å². The standard InChI is InChI=1S/C30H35N5O5/c1-7-40-25-17-12-20(18-26(25)39-6)28(29(37)31-30(2,3)4)35(21-13-15-22(38-5)16-14-21)27(36)19-34-24-11-9-8-10-23(24)32-33-34/h8-18,28H,7,19H2,1-6H3,(H,31,37). The van der Waals surface area contributed by atoms with Gasteiger partial charge in [-0.15, -0.1) is 5.10 Å². The zero-order valence-electron chi connectivity index (χ0n) is 23.7. The smallest absolute Gasteiger partial charge is 0.249 e. The molecule has 0 saturated carbocycles. The van der Waals surface area contributed by atoms with E-state index < -0.39 is 11.6 Å². The number of fused-ring (bicyclic) bond motifs is 1. The van der Waals surface area contributed by atoms with Crippen LogP contribution in [0.1, 0.15) is 39.3 Å². The molecule has 0 bridgehead atoms. The van der Waals surface area contributed by atoms with E-state index in [9.17, 15) is 9.59 Å². The number of ether oxygens (including phenoxy) is 3. The fourth-order valence-electron chi connectivity index (χ4n) is 4.40. The number of anilines is 1. The molecule has 0 radical (unpaired) electrons. The molecule has 4 aromatic rings. The molecule has 0 aliphatic carbocycles. The molecule has 1 aromatic heterocycles. The molecule has 0 spiro atoms. The quantitative estimate of drug-likeness (QED) is 0.312. The lowest BCUT2D eigenvalue weighted by molar-refractivity contribution is -0.128. The van der Waals surface area contributed by atoms with E-state index >= 15 is 0 Å². The Labute approximate surface area is 233 Å². The Morgan fingerprint density at radius 2 is 1.70 bits per heavy atom. The molecule has 40 heavy (non-hydrogen) atoms. The van der Waals surface area contributed by atoms with E-state index in [1.54, 1.807) is 49.6 Å². The molecule has 1 heterocycles. The molecule has 1 N–H and O–H groups in total. The Hall–Kier alpha value is -4.60. The molecule has 210 valence electrons. The molecule has 0 aliphatic rings. The number of amides is 2. The van der Waals surface area contributed by atoms with Gasteiger partial charge in [-0.2, -0.15) is 0 Å². The van der Waals surface area contributed by atoms with Crippen LogP contribution in [0.25, 0.3) is 11.0 Å². The first-order valence-corrected chi connectivity index (χ1v) is 13.0. The minimum Gasteiger partial charge on any atom is -0.497 e. The molecule has 10 heteroatoms. The number of nitrogens with one attached hydrogen (secondary N) is 1. The summed E-state index contributed by atoms with van der Waals surface area (Å²) in [6.07, 6.45) is 0. The Kier molecular flexibility index (Phi) is 8.57. The maximum absolute atomic E-state index is 14.2. The molecule has 2 amide bonds. The number of methoxy groups -OCH3 is 2. The summed E-state index contributed by atoms with van der Waals surface area (Å²) in [5, 5.41) is 11.4. The number of rotatable bonds is 10. The van der Waals surface area contributed by atoms with Gasteiger partial charge in [0.15, 0.2) is 11.5 Å². The highest BCUT2D eigenvalue weighted by Crippen LogP contribution is 2.35. The van der Waals surface area contributed by atoms with Crippen LogP contribution in [0, 0.1) is 0 Å². The molecule has 4 rings (SSSR count). The van der Waals surface area contributed by atoms with Gasteiger partial charge in [0.2, 0.25) is 11.8 Å². The van der Waals surface area contributed by atoms with Crippen LogP contribution < -0.4 is 24.4 Å².